The fourth-order valence-electron chi connectivity index (χ4n) is 3.30. The SMILES string of the molecule is COCCN(C(C)(C)c1cn[nH]n1)S(=O)(=O)c1ccc(-c2ccc(C(F)(F)F)cc2)cc1. The van der Waals surface area contributed by atoms with Gasteiger partial charge in [-0.15, -0.1) is 0 Å². The third kappa shape index (κ3) is 4.84. The molecule has 0 bridgehead atoms. The van der Waals surface area contributed by atoms with E-state index in [1.807, 2.05) is 0 Å². The minimum atomic E-state index is -4.42. The van der Waals surface area contributed by atoms with E-state index in [4.69, 9.17) is 4.74 Å². The fraction of sp³-hybridized carbons (Fsp3) is 0.333. The minimum absolute atomic E-state index is 0.0424. The van der Waals surface area contributed by atoms with Crippen LogP contribution in [0.1, 0.15) is 25.1 Å². The highest BCUT2D eigenvalue weighted by Crippen LogP contribution is 2.33. The van der Waals surface area contributed by atoms with E-state index in [-0.39, 0.29) is 18.0 Å². The summed E-state index contributed by atoms with van der Waals surface area (Å²) < 4.78 is 71.7. The van der Waals surface area contributed by atoms with E-state index >= 15 is 0 Å². The van der Waals surface area contributed by atoms with Gasteiger partial charge in [-0.1, -0.05) is 24.3 Å². The maximum atomic E-state index is 13.5. The standard InChI is InChI=1S/C21H23F3N4O3S/c1-20(2,19-14-25-27-26-19)28(12-13-31-3)32(29,30)18-10-6-16(7-11-18)15-4-8-17(9-5-15)21(22,23)24/h4-11,14H,12-13H2,1-3H3,(H,25,26,27). The fourth-order valence-corrected chi connectivity index (χ4v) is 5.04. The Morgan fingerprint density at radius 2 is 1.56 bits per heavy atom. The van der Waals surface area contributed by atoms with Gasteiger partial charge in [0, 0.05) is 13.7 Å². The average molecular weight is 469 g/mol. The molecule has 172 valence electrons. The topological polar surface area (TPSA) is 88.2 Å². The Morgan fingerprint density at radius 3 is 2.03 bits per heavy atom. The molecular weight excluding hydrogens is 445 g/mol. The van der Waals surface area contributed by atoms with Gasteiger partial charge in [0.1, 0.15) is 5.69 Å². The number of hydrogen-bond donors (Lipinski definition) is 1. The minimum Gasteiger partial charge on any atom is -0.383 e. The molecule has 0 atom stereocenters. The molecule has 1 aromatic heterocycles. The van der Waals surface area contributed by atoms with Crippen LogP contribution in [0, 0.1) is 0 Å². The number of halogens is 3. The summed E-state index contributed by atoms with van der Waals surface area (Å²) in [7, 11) is -2.48. The first-order chi connectivity index (χ1) is 15.0. The number of benzene rings is 2. The molecule has 32 heavy (non-hydrogen) atoms. The van der Waals surface area contributed by atoms with Crippen LogP contribution in [0.2, 0.25) is 0 Å². The molecule has 0 aliphatic heterocycles. The van der Waals surface area contributed by atoms with Crippen molar-refractivity contribution in [2.75, 3.05) is 20.3 Å². The van der Waals surface area contributed by atoms with E-state index in [0.29, 0.717) is 16.8 Å². The monoisotopic (exact) mass is 468 g/mol. The van der Waals surface area contributed by atoms with Crippen molar-refractivity contribution in [3.05, 3.63) is 66.0 Å². The summed E-state index contributed by atoms with van der Waals surface area (Å²) in [4.78, 5) is 0.0424. The molecule has 3 rings (SSSR count). The lowest BCUT2D eigenvalue weighted by Gasteiger charge is -2.35. The molecule has 0 aliphatic carbocycles. The van der Waals surface area contributed by atoms with Gasteiger partial charge in [-0.25, -0.2) is 8.42 Å². The number of alkyl halides is 3. The molecule has 0 saturated heterocycles. The van der Waals surface area contributed by atoms with Crippen molar-refractivity contribution in [1.29, 1.82) is 0 Å². The van der Waals surface area contributed by atoms with Crippen molar-refractivity contribution < 1.29 is 26.3 Å². The number of ether oxygens (including phenoxy) is 1. The van der Waals surface area contributed by atoms with Crippen LogP contribution in [0.5, 0.6) is 0 Å². The molecule has 0 amide bonds. The van der Waals surface area contributed by atoms with Crippen molar-refractivity contribution in [3.63, 3.8) is 0 Å². The van der Waals surface area contributed by atoms with Crippen molar-refractivity contribution in [3.8, 4) is 11.1 Å². The van der Waals surface area contributed by atoms with Gasteiger partial charge in [0.15, 0.2) is 0 Å². The molecular formula is C21H23F3N4O3S. The lowest BCUT2D eigenvalue weighted by atomic mass is 10.0. The largest absolute Gasteiger partial charge is 0.416 e. The second-order valence-electron chi connectivity index (χ2n) is 7.58. The molecule has 0 radical (unpaired) electrons. The Morgan fingerprint density at radius 1 is 1.00 bits per heavy atom. The number of methoxy groups -OCH3 is 1. The first kappa shape index (κ1) is 23.9. The second-order valence-corrected chi connectivity index (χ2v) is 9.45. The summed E-state index contributed by atoms with van der Waals surface area (Å²) in [5.41, 5.74) is -0.183. The first-order valence-electron chi connectivity index (χ1n) is 9.63. The molecule has 0 fully saturated rings. The lowest BCUT2D eigenvalue weighted by molar-refractivity contribution is -0.137. The number of aromatic amines is 1. The van der Waals surface area contributed by atoms with Crippen LogP contribution in [0.25, 0.3) is 11.1 Å². The van der Waals surface area contributed by atoms with Gasteiger partial charge >= 0.3 is 6.18 Å². The third-order valence-corrected chi connectivity index (χ3v) is 7.24. The normalized spacial score (nSPS) is 13.0. The predicted molar refractivity (Wildman–Crippen MR) is 112 cm³/mol. The Balaban J connectivity index is 1.93. The summed E-state index contributed by atoms with van der Waals surface area (Å²) in [6.07, 6.45) is -2.96. The Labute approximate surface area is 184 Å². The van der Waals surface area contributed by atoms with E-state index in [1.165, 1.54) is 41.9 Å². The summed E-state index contributed by atoms with van der Waals surface area (Å²) in [6, 6.07) is 10.7. The third-order valence-electron chi connectivity index (χ3n) is 5.15. The maximum absolute atomic E-state index is 13.5. The molecule has 2 aromatic carbocycles. The van der Waals surface area contributed by atoms with E-state index in [2.05, 4.69) is 15.4 Å². The molecule has 1 heterocycles. The number of rotatable bonds is 8. The maximum Gasteiger partial charge on any atom is 0.416 e. The quantitative estimate of drug-likeness (QED) is 0.539. The van der Waals surface area contributed by atoms with Crippen LogP contribution in [-0.2, 0) is 26.5 Å². The Hall–Kier alpha value is -2.76. The number of H-pyrrole nitrogens is 1. The summed E-state index contributed by atoms with van der Waals surface area (Å²) in [5.74, 6) is 0. The van der Waals surface area contributed by atoms with Crippen molar-refractivity contribution in [2.24, 2.45) is 0 Å². The Kier molecular flexibility index (Phi) is 6.72. The first-order valence-corrected chi connectivity index (χ1v) is 11.1. The van der Waals surface area contributed by atoms with Crippen molar-refractivity contribution in [1.82, 2.24) is 19.7 Å². The molecule has 0 unspecified atom stereocenters. The molecule has 0 aliphatic rings. The van der Waals surface area contributed by atoms with Crippen LogP contribution in [0.4, 0.5) is 13.2 Å². The van der Waals surface area contributed by atoms with Crippen molar-refractivity contribution in [2.45, 2.75) is 30.5 Å². The van der Waals surface area contributed by atoms with Crippen LogP contribution >= 0.6 is 0 Å². The zero-order valence-electron chi connectivity index (χ0n) is 17.7. The van der Waals surface area contributed by atoms with E-state index in [1.54, 1.807) is 26.0 Å². The number of aromatic nitrogens is 3. The van der Waals surface area contributed by atoms with Gasteiger partial charge in [-0.2, -0.15) is 32.9 Å². The smallest absolute Gasteiger partial charge is 0.383 e. The van der Waals surface area contributed by atoms with Gasteiger partial charge in [-0.05, 0) is 49.2 Å². The summed E-state index contributed by atoms with van der Waals surface area (Å²) >= 11 is 0. The molecule has 3 aromatic rings. The second kappa shape index (κ2) is 9.00. The van der Waals surface area contributed by atoms with Crippen LogP contribution in [0.15, 0.2) is 59.6 Å². The predicted octanol–water partition coefficient (Wildman–Crippen LogP) is 4.06. The van der Waals surface area contributed by atoms with Gasteiger partial charge in [0.05, 0.1) is 28.8 Å². The van der Waals surface area contributed by atoms with Crippen LogP contribution < -0.4 is 0 Å². The summed E-state index contributed by atoms with van der Waals surface area (Å²) in [6.45, 7) is 3.69. The number of hydrogen-bond acceptors (Lipinski definition) is 5. The molecule has 7 nitrogen and oxygen atoms in total. The highest BCUT2D eigenvalue weighted by Gasteiger charge is 2.40. The molecule has 0 saturated carbocycles. The molecule has 1 N–H and O–H groups in total. The number of nitrogens with one attached hydrogen (secondary N) is 1. The highest BCUT2D eigenvalue weighted by molar-refractivity contribution is 7.89. The molecule has 11 heteroatoms. The zero-order valence-corrected chi connectivity index (χ0v) is 18.5. The van der Waals surface area contributed by atoms with Gasteiger partial charge in [-0.3, -0.25) is 0 Å². The number of nitrogens with zero attached hydrogens (tertiary/aromatic N) is 3. The average Bonchev–Trinajstić information content (AvgIpc) is 3.29. The van der Waals surface area contributed by atoms with Crippen LogP contribution in [-0.4, -0.2) is 48.4 Å². The van der Waals surface area contributed by atoms with Gasteiger partial charge < -0.3 is 4.74 Å². The van der Waals surface area contributed by atoms with Crippen LogP contribution in [0.3, 0.4) is 0 Å². The van der Waals surface area contributed by atoms with E-state index in [0.717, 1.165) is 12.1 Å². The highest BCUT2D eigenvalue weighted by atomic mass is 32.2. The van der Waals surface area contributed by atoms with Gasteiger partial charge in [0.2, 0.25) is 10.0 Å². The van der Waals surface area contributed by atoms with E-state index in [9.17, 15) is 21.6 Å². The zero-order chi connectivity index (χ0) is 23.6. The number of sulfonamides is 1. The van der Waals surface area contributed by atoms with E-state index < -0.39 is 27.3 Å². The molecule has 0 spiro atoms. The van der Waals surface area contributed by atoms with Gasteiger partial charge in [0.25, 0.3) is 0 Å². The van der Waals surface area contributed by atoms with Crippen molar-refractivity contribution >= 4 is 10.0 Å². The Bertz CT molecular complexity index is 1130. The summed E-state index contributed by atoms with van der Waals surface area (Å²) in [5, 5.41) is 10.3. The lowest BCUT2D eigenvalue weighted by Crippen LogP contribution is -2.47.